The van der Waals surface area contributed by atoms with Gasteiger partial charge in [0.15, 0.2) is 0 Å². The summed E-state index contributed by atoms with van der Waals surface area (Å²) in [5.74, 6) is -18.5. The molecule has 2 rings (SSSR count). The predicted octanol–water partition coefficient (Wildman–Crippen LogP) is 2.84. The molecule has 154 valence electrons. The van der Waals surface area contributed by atoms with Gasteiger partial charge in [-0.3, -0.25) is 9.59 Å². The molecule has 13 heteroatoms. The summed E-state index contributed by atoms with van der Waals surface area (Å²) in [7, 11) is 0. The number of nitrogens with one attached hydrogen (secondary N) is 1. The van der Waals surface area contributed by atoms with Gasteiger partial charge in [-0.05, 0) is 17.7 Å². The number of phenols is 1. The van der Waals surface area contributed by atoms with Crippen LogP contribution in [0.5, 0.6) is 5.75 Å². The number of halogens is 7. The summed E-state index contributed by atoms with van der Waals surface area (Å²) in [5.41, 5.74) is 3.85. The van der Waals surface area contributed by atoms with E-state index in [0.717, 1.165) is 6.20 Å². The second-order valence-electron chi connectivity index (χ2n) is 5.85. The van der Waals surface area contributed by atoms with Crippen molar-refractivity contribution in [1.82, 2.24) is 4.98 Å². The fraction of sp³-hybridized carbons (Fsp3) is 0.333. The summed E-state index contributed by atoms with van der Waals surface area (Å²) < 4.78 is 90.0. The highest BCUT2D eigenvalue weighted by atomic mass is 19.4. The number of fused-ring (bicyclic) bond motifs is 1. The molecular formula is C15H11F7N2O4. The van der Waals surface area contributed by atoms with E-state index in [2.05, 4.69) is 4.98 Å². The molecule has 1 heterocycles. The molecule has 2 aromatic rings. The molecule has 5 N–H and O–H groups in total. The van der Waals surface area contributed by atoms with Crippen LogP contribution in [0.1, 0.15) is 15.9 Å². The summed E-state index contributed by atoms with van der Waals surface area (Å²) in [5, 5.41) is 18.5. The topological polar surface area (TPSA) is 116 Å². The number of carboxylic acid groups (broad SMARTS) is 1. The minimum Gasteiger partial charge on any atom is -0.507 e. The fourth-order valence-electron chi connectivity index (χ4n) is 2.38. The number of carbonyl (C=O) groups is 2. The van der Waals surface area contributed by atoms with Gasteiger partial charge in [-0.15, -0.1) is 0 Å². The molecule has 0 aliphatic carbocycles. The molecule has 1 aromatic carbocycles. The monoisotopic (exact) mass is 416 g/mol. The van der Waals surface area contributed by atoms with E-state index in [4.69, 9.17) is 10.8 Å². The number of hydrogen-bond donors (Lipinski definition) is 4. The van der Waals surface area contributed by atoms with E-state index in [1.165, 1.54) is 0 Å². The first-order chi connectivity index (χ1) is 12.6. The lowest BCUT2D eigenvalue weighted by Crippen LogP contribution is -2.56. The van der Waals surface area contributed by atoms with Crippen molar-refractivity contribution < 1.29 is 50.5 Å². The Bertz CT molecular complexity index is 936. The number of aliphatic carboxylic acids is 1. The Morgan fingerprint density at radius 2 is 1.68 bits per heavy atom. The van der Waals surface area contributed by atoms with Gasteiger partial charge in [0, 0.05) is 23.5 Å². The first-order valence-corrected chi connectivity index (χ1v) is 7.29. The number of carboxylic acids is 1. The molecule has 0 spiro atoms. The summed E-state index contributed by atoms with van der Waals surface area (Å²) in [6, 6.07) is -0.259. The molecule has 28 heavy (non-hydrogen) atoms. The lowest BCUT2D eigenvalue weighted by molar-refractivity contribution is -0.339. The highest BCUT2D eigenvalue weighted by Crippen LogP contribution is 2.48. The molecule has 0 radical (unpaired) electrons. The van der Waals surface area contributed by atoms with Crippen LogP contribution in [-0.4, -0.2) is 51.0 Å². The largest absolute Gasteiger partial charge is 0.507 e. The second-order valence-corrected chi connectivity index (χ2v) is 5.85. The number of H-pyrrole nitrogens is 1. The van der Waals surface area contributed by atoms with Crippen molar-refractivity contribution in [2.24, 2.45) is 5.73 Å². The van der Waals surface area contributed by atoms with E-state index < -0.39 is 47.1 Å². The van der Waals surface area contributed by atoms with Crippen LogP contribution < -0.4 is 5.73 Å². The Labute approximate surface area is 150 Å². The minimum absolute atomic E-state index is 0.0108. The van der Waals surface area contributed by atoms with Gasteiger partial charge >= 0.3 is 24.0 Å². The van der Waals surface area contributed by atoms with Crippen molar-refractivity contribution >= 4 is 22.7 Å². The molecule has 6 nitrogen and oxygen atoms in total. The number of aromatic hydroxyl groups is 1. The zero-order chi connectivity index (χ0) is 21.7. The third-order valence-corrected chi connectivity index (χ3v) is 3.92. The van der Waals surface area contributed by atoms with Crippen LogP contribution in [0.3, 0.4) is 0 Å². The van der Waals surface area contributed by atoms with Crippen molar-refractivity contribution in [3.05, 3.63) is 29.5 Å². The molecule has 0 unspecified atom stereocenters. The zero-order valence-electron chi connectivity index (χ0n) is 13.5. The van der Waals surface area contributed by atoms with E-state index >= 15 is 0 Å². The van der Waals surface area contributed by atoms with E-state index in [0.29, 0.717) is 12.1 Å². The summed E-state index contributed by atoms with van der Waals surface area (Å²) >= 11 is 0. The molecule has 0 saturated carbocycles. The molecule has 0 amide bonds. The van der Waals surface area contributed by atoms with Crippen LogP contribution in [0.15, 0.2) is 18.3 Å². The SMILES string of the molecule is N[C@@H](Cc1c[nH]c2cc(C(=O)C(F)(F)C(F)(F)C(F)(F)F)c(O)cc12)C(=O)O. The summed E-state index contributed by atoms with van der Waals surface area (Å²) in [6.45, 7) is 0. The third-order valence-electron chi connectivity index (χ3n) is 3.92. The number of nitrogens with two attached hydrogens (primary N) is 1. The van der Waals surface area contributed by atoms with Crippen LogP contribution in [0.4, 0.5) is 30.7 Å². The molecule has 0 saturated heterocycles. The number of benzene rings is 1. The number of Topliss-reactive ketones (excluding diaryl/α,β-unsaturated/α-hetero) is 1. The highest BCUT2D eigenvalue weighted by molar-refractivity contribution is 6.07. The number of rotatable bonds is 6. The average molecular weight is 416 g/mol. The van der Waals surface area contributed by atoms with Crippen molar-refractivity contribution in [3.8, 4) is 5.75 Å². The summed E-state index contributed by atoms with van der Waals surface area (Å²) in [6.07, 6.45) is -5.84. The molecule has 1 aromatic heterocycles. The van der Waals surface area contributed by atoms with Crippen molar-refractivity contribution in [3.63, 3.8) is 0 Å². The van der Waals surface area contributed by atoms with Gasteiger partial charge in [-0.2, -0.15) is 30.7 Å². The van der Waals surface area contributed by atoms with Crippen molar-refractivity contribution in [2.75, 3.05) is 0 Å². The van der Waals surface area contributed by atoms with Gasteiger partial charge < -0.3 is 20.9 Å². The first kappa shape index (κ1) is 21.5. The van der Waals surface area contributed by atoms with Crippen molar-refractivity contribution in [1.29, 1.82) is 0 Å². The maximum Gasteiger partial charge on any atom is 0.460 e. The summed E-state index contributed by atoms with van der Waals surface area (Å²) in [4.78, 5) is 24.9. The quantitative estimate of drug-likeness (QED) is 0.427. The normalized spacial score (nSPS) is 14.3. The number of carbonyl (C=O) groups excluding carboxylic acids is 1. The fourth-order valence-corrected chi connectivity index (χ4v) is 2.38. The number of phenolic OH excluding ortho intramolecular Hbond substituents is 1. The third kappa shape index (κ3) is 3.37. The van der Waals surface area contributed by atoms with Crippen LogP contribution >= 0.6 is 0 Å². The Balaban J connectivity index is 2.50. The Kier molecular flexibility index (Phi) is 5.10. The van der Waals surface area contributed by atoms with Gasteiger partial charge in [0.25, 0.3) is 0 Å². The van der Waals surface area contributed by atoms with Gasteiger partial charge in [0.05, 0.1) is 5.56 Å². The number of aromatic nitrogens is 1. The number of hydrogen-bond acceptors (Lipinski definition) is 4. The highest BCUT2D eigenvalue weighted by Gasteiger charge is 2.76. The van der Waals surface area contributed by atoms with Gasteiger partial charge in [0.2, 0.25) is 5.78 Å². The maximum absolute atomic E-state index is 13.6. The van der Waals surface area contributed by atoms with Crippen LogP contribution in [0.2, 0.25) is 0 Å². The van der Waals surface area contributed by atoms with Gasteiger partial charge in [0.1, 0.15) is 11.8 Å². The molecule has 0 bridgehead atoms. The molecule has 0 aliphatic rings. The predicted molar refractivity (Wildman–Crippen MR) is 79.6 cm³/mol. The first-order valence-electron chi connectivity index (χ1n) is 7.29. The van der Waals surface area contributed by atoms with Crippen LogP contribution in [-0.2, 0) is 11.2 Å². The average Bonchev–Trinajstić information content (AvgIpc) is 2.93. The molecular weight excluding hydrogens is 405 g/mol. The van der Waals surface area contributed by atoms with E-state index in [-0.39, 0.29) is 22.9 Å². The minimum atomic E-state index is -6.71. The lowest BCUT2D eigenvalue weighted by atomic mass is 9.97. The Morgan fingerprint density at radius 1 is 1.11 bits per heavy atom. The Morgan fingerprint density at radius 3 is 2.18 bits per heavy atom. The van der Waals surface area contributed by atoms with E-state index in [1.54, 1.807) is 0 Å². The van der Waals surface area contributed by atoms with Crippen LogP contribution in [0.25, 0.3) is 10.9 Å². The molecule has 0 fully saturated rings. The number of aromatic amines is 1. The number of alkyl halides is 7. The van der Waals surface area contributed by atoms with E-state index in [1.807, 2.05) is 0 Å². The zero-order valence-corrected chi connectivity index (χ0v) is 13.5. The number of ketones is 1. The Hall–Kier alpha value is -2.83. The van der Waals surface area contributed by atoms with Gasteiger partial charge in [-0.1, -0.05) is 0 Å². The maximum atomic E-state index is 13.6. The standard InChI is InChI=1S/C15H11F7N2O4/c16-13(17,14(18,19)15(20,21)22)11(26)7-2-9-6(3-10(7)25)5(4-24-9)1-8(23)12(27)28/h2-4,8,24-25H,1,23H2,(H,27,28)/t8-/m0/s1. The second kappa shape index (κ2) is 6.65. The molecule has 0 aliphatic heterocycles. The van der Waals surface area contributed by atoms with E-state index in [9.17, 15) is 45.4 Å². The van der Waals surface area contributed by atoms with Gasteiger partial charge in [-0.25, -0.2) is 0 Å². The van der Waals surface area contributed by atoms with Crippen molar-refractivity contribution in [2.45, 2.75) is 30.5 Å². The smallest absolute Gasteiger partial charge is 0.460 e. The van der Waals surface area contributed by atoms with Crippen LogP contribution in [0, 0.1) is 0 Å². The lowest BCUT2D eigenvalue weighted by Gasteiger charge is -2.27. The molecule has 1 atom stereocenters.